The van der Waals surface area contributed by atoms with Crippen molar-refractivity contribution >= 4 is 0 Å². The molecule has 4 heteroatoms. The van der Waals surface area contributed by atoms with Crippen molar-refractivity contribution in [2.75, 3.05) is 26.3 Å². The van der Waals surface area contributed by atoms with E-state index < -0.39 is 0 Å². The Kier molecular flexibility index (Phi) is 4.67. The maximum absolute atomic E-state index is 5.97. The van der Waals surface area contributed by atoms with Crippen LogP contribution in [0.4, 0.5) is 0 Å². The summed E-state index contributed by atoms with van der Waals surface area (Å²) >= 11 is 0. The van der Waals surface area contributed by atoms with Gasteiger partial charge in [-0.3, -0.25) is 4.90 Å². The molecule has 138 valence electrons. The lowest BCUT2D eigenvalue weighted by Crippen LogP contribution is -2.44. The summed E-state index contributed by atoms with van der Waals surface area (Å²) in [6, 6.07) is 4.43. The summed E-state index contributed by atoms with van der Waals surface area (Å²) in [5, 5.41) is 0. The van der Waals surface area contributed by atoms with Crippen molar-refractivity contribution in [2.24, 2.45) is 5.41 Å². The van der Waals surface area contributed by atoms with E-state index in [-0.39, 0.29) is 6.10 Å². The average Bonchev–Trinajstić information content (AvgIpc) is 3.11. The summed E-state index contributed by atoms with van der Waals surface area (Å²) in [5.41, 5.74) is 3.07. The van der Waals surface area contributed by atoms with E-state index in [4.69, 9.17) is 14.2 Å². The molecule has 3 aliphatic rings. The summed E-state index contributed by atoms with van der Waals surface area (Å²) in [7, 11) is 0. The van der Waals surface area contributed by atoms with Crippen LogP contribution in [0.3, 0.4) is 0 Å². The lowest BCUT2D eigenvalue weighted by atomic mass is 9.66. The first-order valence-electron chi connectivity index (χ1n) is 9.90. The van der Waals surface area contributed by atoms with Crippen molar-refractivity contribution < 1.29 is 14.2 Å². The SMILES string of the molecule is CCOc1cc2c(cc1CN1CCC3(CC(OCC)C3)C1)OC(C)C2. The standard InChI is InChI=1S/C21H31NO3/c1-4-23-18-11-21(12-18)6-7-22(14-21)13-17-10-20-16(8-15(3)25-20)9-19(17)24-5-2/h9-10,15,18H,4-8,11-14H2,1-3H3. The molecule has 1 spiro atoms. The zero-order valence-electron chi connectivity index (χ0n) is 15.8. The largest absolute Gasteiger partial charge is 0.494 e. The minimum Gasteiger partial charge on any atom is -0.494 e. The van der Waals surface area contributed by atoms with Crippen LogP contribution < -0.4 is 9.47 Å². The maximum Gasteiger partial charge on any atom is 0.124 e. The van der Waals surface area contributed by atoms with Gasteiger partial charge in [0.1, 0.15) is 17.6 Å². The number of hydrogen-bond donors (Lipinski definition) is 0. The van der Waals surface area contributed by atoms with Crippen LogP contribution in [0.2, 0.25) is 0 Å². The number of likely N-dealkylation sites (tertiary alicyclic amines) is 1. The summed E-state index contributed by atoms with van der Waals surface area (Å²) < 4.78 is 17.7. The topological polar surface area (TPSA) is 30.9 Å². The van der Waals surface area contributed by atoms with Gasteiger partial charge in [-0.05, 0) is 64.1 Å². The Hall–Kier alpha value is -1.26. The lowest BCUT2D eigenvalue weighted by Gasteiger charge is -2.44. The fraction of sp³-hybridized carbons (Fsp3) is 0.714. The third-order valence-corrected chi connectivity index (χ3v) is 6.01. The molecular weight excluding hydrogens is 314 g/mol. The molecule has 1 saturated heterocycles. The van der Waals surface area contributed by atoms with Crippen LogP contribution in [0.1, 0.15) is 51.2 Å². The summed E-state index contributed by atoms with van der Waals surface area (Å²) in [4.78, 5) is 2.59. The van der Waals surface area contributed by atoms with E-state index in [1.165, 1.54) is 43.5 Å². The monoisotopic (exact) mass is 345 g/mol. The van der Waals surface area contributed by atoms with E-state index in [2.05, 4.69) is 37.8 Å². The van der Waals surface area contributed by atoms with Crippen LogP contribution >= 0.6 is 0 Å². The van der Waals surface area contributed by atoms with Gasteiger partial charge in [-0.15, -0.1) is 0 Å². The highest BCUT2D eigenvalue weighted by molar-refractivity contribution is 5.48. The van der Waals surface area contributed by atoms with Crippen molar-refractivity contribution in [3.8, 4) is 11.5 Å². The Labute approximate surface area is 151 Å². The van der Waals surface area contributed by atoms with Gasteiger partial charge in [-0.1, -0.05) is 0 Å². The number of ether oxygens (including phenoxy) is 3. The predicted molar refractivity (Wildman–Crippen MR) is 98.4 cm³/mol. The van der Waals surface area contributed by atoms with Crippen molar-refractivity contribution in [2.45, 2.75) is 65.2 Å². The number of benzene rings is 1. The van der Waals surface area contributed by atoms with E-state index >= 15 is 0 Å². The smallest absolute Gasteiger partial charge is 0.124 e. The van der Waals surface area contributed by atoms with Gasteiger partial charge in [0.25, 0.3) is 0 Å². The number of fused-ring (bicyclic) bond motifs is 1. The average molecular weight is 345 g/mol. The van der Waals surface area contributed by atoms with Gasteiger partial charge in [0.2, 0.25) is 0 Å². The molecule has 25 heavy (non-hydrogen) atoms. The third kappa shape index (κ3) is 3.39. The minimum absolute atomic E-state index is 0.278. The molecule has 1 aromatic rings. The predicted octanol–water partition coefficient (Wildman–Crippen LogP) is 3.80. The van der Waals surface area contributed by atoms with Gasteiger partial charge < -0.3 is 14.2 Å². The van der Waals surface area contributed by atoms with Gasteiger partial charge in [0, 0.05) is 37.2 Å². The molecule has 0 amide bonds. The van der Waals surface area contributed by atoms with Gasteiger partial charge in [0.05, 0.1) is 12.7 Å². The van der Waals surface area contributed by atoms with Crippen LogP contribution in [0, 0.1) is 5.41 Å². The summed E-state index contributed by atoms with van der Waals surface area (Å²) in [6.45, 7) is 11.2. The van der Waals surface area contributed by atoms with Crippen LogP contribution in [0.5, 0.6) is 11.5 Å². The molecule has 4 rings (SSSR count). The van der Waals surface area contributed by atoms with Gasteiger partial charge in [-0.2, -0.15) is 0 Å². The molecular formula is C21H31NO3. The van der Waals surface area contributed by atoms with Crippen molar-refractivity contribution in [1.82, 2.24) is 4.90 Å². The fourth-order valence-electron chi connectivity index (χ4n) is 4.89. The van der Waals surface area contributed by atoms with Gasteiger partial charge in [0.15, 0.2) is 0 Å². The van der Waals surface area contributed by atoms with E-state index in [0.717, 1.165) is 31.1 Å². The first kappa shape index (κ1) is 17.2. The highest BCUT2D eigenvalue weighted by Gasteiger charge is 2.48. The van der Waals surface area contributed by atoms with Crippen LogP contribution in [-0.4, -0.2) is 43.4 Å². The molecule has 2 heterocycles. The normalized spacial score (nSPS) is 31.0. The van der Waals surface area contributed by atoms with E-state index in [1.807, 2.05) is 0 Å². The summed E-state index contributed by atoms with van der Waals surface area (Å²) in [6.07, 6.45) is 5.54. The minimum atomic E-state index is 0.278. The zero-order valence-corrected chi connectivity index (χ0v) is 15.8. The Morgan fingerprint density at radius 3 is 2.84 bits per heavy atom. The Morgan fingerprint density at radius 1 is 1.24 bits per heavy atom. The highest BCUT2D eigenvalue weighted by atomic mass is 16.5. The Bertz CT molecular complexity index is 624. The molecule has 1 saturated carbocycles. The van der Waals surface area contributed by atoms with Gasteiger partial charge in [-0.25, -0.2) is 0 Å². The molecule has 1 atom stereocenters. The zero-order chi connectivity index (χ0) is 17.4. The fourth-order valence-corrected chi connectivity index (χ4v) is 4.89. The van der Waals surface area contributed by atoms with Gasteiger partial charge >= 0.3 is 0 Å². The van der Waals surface area contributed by atoms with Crippen LogP contribution in [0.15, 0.2) is 12.1 Å². The molecule has 1 aromatic carbocycles. The molecule has 1 aliphatic carbocycles. The van der Waals surface area contributed by atoms with E-state index in [9.17, 15) is 0 Å². The molecule has 2 fully saturated rings. The number of nitrogens with zero attached hydrogens (tertiary/aromatic N) is 1. The molecule has 1 unspecified atom stereocenters. The van der Waals surface area contributed by atoms with E-state index in [0.29, 0.717) is 18.1 Å². The van der Waals surface area contributed by atoms with Crippen LogP contribution in [-0.2, 0) is 17.7 Å². The van der Waals surface area contributed by atoms with Crippen molar-refractivity contribution in [1.29, 1.82) is 0 Å². The molecule has 0 radical (unpaired) electrons. The maximum atomic E-state index is 5.97. The molecule has 0 aromatic heterocycles. The quantitative estimate of drug-likeness (QED) is 0.785. The number of rotatable bonds is 6. The molecule has 4 nitrogen and oxygen atoms in total. The first-order valence-corrected chi connectivity index (χ1v) is 9.90. The first-order chi connectivity index (χ1) is 12.1. The van der Waals surface area contributed by atoms with E-state index in [1.54, 1.807) is 0 Å². The third-order valence-electron chi connectivity index (χ3n) is 6.01. The molecule has 0 bridgehead atoms. The van der Waals surface area contributed by atoms with Crippen LogP contribution in [0.25, 0.3) is 0 Å². The molecule has 2 aliphatic heterocycles. The molecule has 0 N–H and O–H groups in total. The lowest BCUT2D eigenvalue weighted by molar-refractivity contribution is -0.0718. The Balaban J connectivity index is 1.44. The second kappa shape index (κ2) is 6.81. The Morgan fingerprint density at radius 2 is 2.08 bits per heavy atom. The second-order valence-electron chi connectivity index (χ2n) is 8.08. The van der Waals surface area contributed by atoms with Crippen molar-refractivity contribution in [3.05, 3.63) is 23.3 Å². The second-order valence-corrected chi connectivity index (χ2v) is 8.08. The summed E-state index contributed by atoms with van der Waals surface area (Å²) in [5.74, 6) is 2.10. The number of hydrogen-bond acceptors (Lipinski definition) is 4. The van der Waals surface area contributed by atoms with Crippen molar-refractivity contribution in [3.63, 3.8) is 0 Å². The highest BCUT2D eigenvalue weighted by Crippen LogP contribution is 2.50.